The van der Waals surface area contributed by atoms with Crippen LogP contribution in [0.4, 0.5) is 0 Å². The molecule has 6 aliphatic rings. The lowest BCUT2D eigenvalue weighted by Gasteiger charge is -2.24. The second-order valence-corrected chi connectivity index (χ2v) is 30.3. The molecule has 6 aromatic heterocycles. The molecule has 6 heterocycles. The van der Waals surface area contributed by atoms with E-state index >= 15 is 0 Å². The minimum Gasteiger partial charge on any atom is -1.00 e. The first-order valence-corrected chi connectivity index (χ1v) is 37.2. The quantitative estimate of drug-likeness (QED) is 0.0466. The van der Waals surface area contributed by atoms with Crippen molar-refractivity contribution in [3.8, 4) is 0 Å². The first-order valence-electron chi connectivity index (χ1n) is 37.2. The van der Waals surface area contributed by atoms with E-state index in [0.29, 0.717) is 0 Å². The van der Waals surface area contributed by atoms with E-state index in [9.17, 15) is 30.6 Å². The van der Waals surface area contributed by atoms with Gasteiger partial charge in [-0.2, -0.15) is 0 Å². The number of hydrogen-bond donors (Lipinski definition) is 6. The van der Waals surface area contributed by atoms with Gasteiger partial charge < -0.3 is 133 Å². The molecule has 18 nitrogen and oxygen atoms in total. The molecule has 0 amide bonds. The van der Waals surface area contributed by atoms with Gasteiger partial charge in [0.05, 0.1) is 36.6 Å². The summed E-state index contributed by atoms with van der Waals surface area (Å²) in [4.78, 5) is 0. The maximum atomic E-state index is 10.7. The van der Waals surface area contributed by atoms with Crippen LogP contribution in [0.25, 0.3) is 0 Å². The van der Waals surface area contributed by atoms with E-state index in [-0.39, 0.29) is 175 Å². The van der Waals surface area contributed by atoms with Crippen molar-refractivity contribution in [3.63, 3.8) is 0 Å². The fraction of sp³-hybridized carbons (Fsp3) is 0.615. The normalized spacial score (nSPS) is 25.1. The highest BCUT2D eigenvalue weighted by Crippen LogP contribution is 2.36. The molecule has 14 rings (SSSR count). The summed E-state index contributed by atoms with van der Waals surface area (Å²) in [5, 5.41) is 64.4. The third kappa shape index (κ3) is 19.4. The molecule has 102 heavy (non-hydrogen) atoms. The molecule has 0 radical (unpaired) electrons. The third-order valence-corrected chi connectivity index (χ3v) is 24.2. The zero-order valence-electron chi connectivity index (χ0n) is 60.9. The zero-order valence-corrected chi connectivity index (χ0v) is 70.4. The Kier molecular flexibility index (Phi) is 32.7. The van der Waals surface area contributed by atoms with Gasteiger partial charge in [0.15, 0.2) is 0 Å². The van der Waals surface area contributed by atoms with Crippen LogP contribution in [0.3, 0.4) is 0 Å². The van der Waals surface area contributed by atoms with Crippen LogP contribution >= 0.6 is 0 Å². The van der Waals surface area contributed by atoms with Crippen molar-refractivity contribution in [2.45, 2.75) is 308 Å². The van der Waals surface area contributed by atoms with Gasteiger partial charge in [-0.15, -0.1) is 0 Å². The van der Waals surface area contributed by atoms with Crippen molar-refractivity contribution < 1.29 is 160 Å². The van der Waals surface area contributed by atoms with Crippen molar-refractivity contribution in [3.05, 3.63) is 179 Å². The molecule has 0 aliphatic heterocycles. The van der Waals surface area contributed by atoms with Crippen LogP contribution in [0.1, 0.15) is 257 Å². The van der Waals surface area contributed by atoms with Crippen LogP contribution in [-0.4, -0.2) is 94.7 Å². The first kappa shape index (κ1) is 85.6. The van der Waals surface area contributed by atoms with Crippen LogP contribution in [0.15, 0.2) is 112 Å². The molecule has 0 saturated heterocycles. The largest absolute Gasteiger partial charge is 1.00 e. The molecule has 6 N–H and O–H groups in total. The molecule has 24 heteroatoms. The minimum atomic E-state index is -0.279. The van der Waals surface area contributed by atoms with E-state index in [2.05, 4.69) is 209 Å². The standard InChI is InChI=1S/2C39H57N6O3.6BrH/c2*1-28-31(22-40-16-19-43(25-40)34-10-4-7-13-37(34)46)29(2)33(24-42-18-21-45(27-42)36-12-6-9-15-39(36)48)30(3)32(28)23-41-17-20-44(26-41)35-11-5-8-14-38(35)47;;;;;;/h2*16-21,25-27,34-39,46-48H,4-15,22-24H2,1-3H3;6*1H/q2*+3;;;;;;/p-6/t2*34-,35-,36-,37-,38-,39-;;;;;;/m00....../s1. The Morgan fingerprint density at radius 3 is 0.490 bits per heavy atom. The Hall–Kier alpha value is -3.66. The van der Waals surface area contributed by atoms with Crippen molar-refractivity contribution in [2.75, 3.05) is 0 Å². The smallest absolute Gasteiger partial charge is 0.244 e. The topological polar surface area (TPSA) is 174 Å². The number of aliphatic hydroxyl groups is 6. The van der Waals surface area contributed by atoms with Gasteiger partial charge in [0.25, 0.3) is 0 Å². The molecule has 0 spiro atoms. The predicted molar refractivity (Wildman–Crippen MR) is 365 cm³/mol. The number of benzene rings is 2. The van der Waals surface area contributed by atoms with E-state index in [1.54, 1.807) is 0 Å². The van der Waals surface area contributed by atoms with E-state index in [0.717, 1.165) is 155 Å². The average Bonchev–Trinajstić information content (AvgIpc) is 1.18. The van der Waals surface area contributed by atoms with E-state index in [1.807, 2.05) is 0 Å². The van der Waals surface area contributed by atoms with Gasteiger partial charge in [0.1, 0.15) is 150 Å². The summed E-state index contributed by atoms with van der Waals surface area (Å²) >= 11 is 0. The van der Waals surface area contributed by atoms with Gasteiger partial charge in [-0.05, 0) is 190 Å². The molecule has 0 unspecified atom stereocenters. The summed E-state index contributed by atoms with van der Waals surface area (Å²) in [6.45, 7) is 18.3. The predicted octanol–water partition coefficient (Wildman–Crippen LogP) is -9.07. The van der Waals surface area contributed by atoms with Gasteiger partial charge in [-0.25, -0.2) is 54.8 Å². The van der Waals surface area contributed by atoms with Crippen molar-refractivity contribution in [1.82, 2.24) is 27.4 Å². The maximum absolute atomic E-state index is 10.7. The van der Waals surface area contributed by atoms with E-state index in [1.165, 1.54) is 105 Å². The third-order valence-electron chi connectivity index (χ3n) is 24.2. The molecule has 6 aliphatic carbocycles. The van der Waals surface area contributed by atoms with Gasteiger partial charge >= 0.3 is 0 Å². The second kappa shape index (κ2) is 38.9. The number of halogens is 6. The number of rotatable bonds is 18. The molecule has 8 aromatic rings. The monoisotopic (exact) mass is 1790 g/mol. The molecular weight excluding hydrogens is 1680 g/mol. The molecule has 6 fully saturated rings. The van der Waals surface area contributed by atoms with Crippen molar-refractivity contribution >= 4 is 0 Å². The van der Waals surface area contributed by atoms with Crippen LogP contribution in [0.2, 0.25) is 0 Å². The Bertz CT molecular complexity index is 3250. The SMILES string of the molecule is Cc1c(C[n+]2ccn([C@H]3CCCC[C@@H]3O)c2)c(C)c(C[n+]2ccn([C@H]3CCCC[C@@H]3O)c2)c(C)c1C[n+]1ccn([C@H]2CCCC[C@@H]2O)c1.Cc1c(C[n+]2ccn([C@H]3CCCC[C@@H]3O)c2)c(C)c(C[n+]2ccn([C@H]3CCCC[C@@H]3O)c2)c(C)c1C[n+]1ccn([C@H]2CCCC[C@@H]2O)c1.[Br-].[Br-].[Br-].[Br-].[Br-].[Br-]. The number of aromatic nitrogens is 12. The highest BCUT2D eigenvalue weighted by atomic mass is 79.9. The summed E-state index contributed by atoms with van der Waals surface area (Å²) in [5.41, 5.74) is 16.1. The summed E-state index contributed by atoms with van der Waals surface area (Å²) in [6, 6.07) is 0.903. The van der Waals surface area contributed by atoms with Crippen LogP contribution in [-0.2, 0) is 39.3 Å². The summed E-state index contributed by atoms with van der Waals surface area (Å²) < 4.78 is 27.0. The van der Waals surface area contributed by atoms with E-state index in [4.69, 9.17) is 0 Å². The van der Waals surface area contributed by atoms with Crippen LogP contribution < -0.4 is 129 Å². The number of aliphatic hydroxyl groups excluding tert-OH is 6. The first-order chi connectivity index (χ1) is 46.5. The van der Waals surface area contributed by atoms with Crippen LogP contribution in [0.5, 0.6) is 0 Å². The second-order valence-electron chi connectivity index (χ2n) is 30.3. The van der Waals surface area contributed by atoms with Gasteiger partial charge in [-0.1, -0.05) is 38.5 Å². The van der Waals surface area contributed by atoms with E-state index < -0.39 is 0 Å². The lowest BCUT2D eigenvalue weighted by Crippen LogP contribution is -3.00. The molecule has 564 valence electrons. The van der Waals surface area contributed by atoms with Gasteiger partial charge in [0.2, 0.25) is 38.0 Å². The van der Waals surface area contributed by atoms with Crippen LogP contribution in [0, 0.1) is 41.5 Å². The highest BCUT2D eigenvalue weighted by molar-refractivity contribution is 5.51. The molecule has 0 bridgehead atoms. The lowest BCUT2D eigenvalue weighted by molar-refractivity contribution is -0.690. The van der Waals surface area contributed by atoms with Gasteiger partial charge in [-0.3, -0.25) is 0 Å². The Morgan fingerprint density at radius 1 is 0.235 bits per heavy atom. The Morgan fingerprint density at radius 2 is 0.363 bits per heavy atom. The molecule has 2 aromatic carbocycles. The summed E-state index contributed by atoms with van der Waals surface area (Å²) in [5.74, 6) is 0. The zero-order chi connectivity index (χ0) is 66.7. The lowest BCUT2D eigenvalue weighted by atomic mass is 9.87. The Balaban J connectivity index is 0.000000270. The molecule has 12 atom stereocenters. The van der Waals surface area contributed by atoms with Crippen molar-refractivity contribution in [1.29, 1.82) is 0 Å². The fourth-order valence-corrected chi connectivity index (χ4v) is 18.1. The fourth-order valence-electron chi connectivity index (χ4n) is 18.1. The highest BCUT2D eigenvalue weighted by Gasteiger charge is 2.36. The summed E-state index contributed by atoms with van der Waals surface area (Å²) in [6.07, 6.45) is 62.3. The Labute approximate surface area is 668 Å². The summed E-state index contributed by atoms with van der Waals surface area (Å²) in [7, 11) is 0. The number of nitrogens with zero attached hydrogens (tertiary/aromatic N) is 12. The number of hydrogen-bond acceptors (Lipinski definition) is 6. The molecular formula is C78H114Br6N12O6. The van der Waals surface area contributed by atoms with Crippen molar-refractivity contribution in [2.24, 2.45) is 0 Å². The number of imidazole rings is 6. The minimum absolute atomic E-state index is 0. The molecule has 6 saturated carbocycles. The average molecular weight is 1800 g/mol. The maximum Gasteiger partial charge on any atom is 0.244 e. The van der Waals surface area contributed by atoms with Gasteiger partial charge in [0, 0.05) is 33.4 Å².